The van der Waals surface area contributed by atoms with E-state index < -0.39 is 12.0 Å². The lowest BCUT2D eigenvalue weighted by Gasteiger charge is -2.10. The Balaban J connectivity index is 3.88. The van der Waals surface area contributed by atoms with Gasteiger partial charge in [-0.05, 0) is 6.42 Å². The van der Waals surface area contributed by atoms with E-state index in [4.69, 9.17) is 5.11 Å². The molecule has 0 aromatic carbocycles. The Labute approximate surface area is 69.5 Å². The number of carboxylic acid groups (broad SMARTS) is 1. The highest BCUT2D eigenvalue weighted by Gasteiger charge is 2.18. The molecule has 0 fully saturated rings. The molecule has 64 valence electrons. The van der Waals surface area contributed by atoms with Crippen molar-refractivity contribution in [1.29, 1.82) is 0 Å². The minimum Gasteiger partial charge on any atom is -0.480 e. The maximum atomic E-state index is 10.3. The first kappa shape index (κ1) is 10.2. The van der Waals surface area contributed by atoms with Crippen LogP contribution >= 0.6 is 12.6 Å². The second kappa shape index (κ2) is 4.95. The first-order valence-electron chi connectivity index (χ1n) is 3.06. The minimum absolute atomic E-state index is 0.0784. The lowest BCUT2D eigenvalue weighted by atomic mass is 10.2. The summed E-state index contributed by atoms with van der Waals surface area (Å²) in [6.07, 6.45) is 0.268. The van der Waals surface area contributed by atoms with Crippen LogP contribution in [0.15, 0.2) is 5.29 Å². The predicted octanol–water partition coefficient (Wildman–Crippen LogP) is 0.419. The maximum Gasteiger partial charge on any atom is 0.327 e. The number of nitroso groups, excluding NO2 is 1. The van der Waals surface area contributed by atoms with Gasteiger partial charge in [-0.15, -0.1) is 4.91 Å². The van der Waals surface area contributed by atoms with E-state index in [2.05, 4.69) is 17.9 Å². The van der Waals surface area contributed by atoms with Crippen LogP contribution < -0.4 is 5.43 Å². The highest BCUT2D eigenvalue weighted by Crippen LogP contribution is 2.03. The van der Waals surface area contributed by atoms with Gasteiger partial charge < -0.3 is 5.11 Å². The van der Waals surface area contributed by atoms with Gasteiger partial charge in [0.1, 0.15) is 6.04 Å². The van der Waals surface area contributed by atoms with Gasteiger partial charge in [-0.25, -0.2) is 4.79 Å². The van der Waals surface area contributed by atoms with E-state index in [1.54, 1.807) is 6.92 Å². The van der Waals surface area contributed by atoms with Crippen LogP contribution in [0.5, 0.6) is 0 Å². The van der Waals surface area contributed by atoms with Gasteiger partial charge in [-0.3, -0.25) is 5.43 Å². The molecule has 2 atom stereocenters. The van der Waals surface area contributed by atoms with E-state index >= 15 is 0 Å². The summed E-state index contributed by atoms with van der Waals surface area (Å²) in [4.78, 5) is 20.0. The standard InChI is InChI=1S/C5H10N2O3S/c1-3(11)2-4(5(8)9)6-7-10/h3-4,11H,2H2,1H3,(H,6,10)(H,8,9)/t3?,4-/m0/s1. The third kappa shape index (κ3) is 4.60. The lowest BCUT2D eigenvalue weighted by Crippen LogP contribution is -2.34. The van der Waals surface area contributed by atoms with Crippen LogP contribution in [0.2, 0.25) is 0 Å². The number of rotatable bonds is 5. The topological polar surface area (TPSA) is 78.8 Å². The van der Waals surface area contributed by atoms with Crippen molar-refractivity contribution in [2.45, 2.75) is 24.6 Å². The zero-order valence-corrected chi connectivity index (χ0v) is 6.91. The van der Waals surface area contributed by atoms with Crippen LogP contribution in [0.1, 0.15) is 13.3 Å². The van der Waals surface area contributed by atoms with E-state index in [0.717, 1.165) is 0 Å². The van der Waals surface area contributed by atoms with Crippen molar-refractivity contribution >= 4 is 18.6 Å². The molecule has 1 unspecified atom stereocenters. The van der Waals surface area contributed by atoms with E-state index in [-0.39, 0.29) is 11.7 Å². The van der Waals surface area contributed by atoms with Gasteiger partial charge in [0.05, 0.1) is 5.29 Å². The van der Waals surface area contributed by atoms with Crippen molar-refractivity contribution in [2.24, 2.45) is 5.29 Å². The summed E-state index contributed by atoms with van der Waals surface area (Å²) < 4.78 is 0. The number of hydrogen-bond acceptors (Lipinski definition) is 4. The van der Waals surface area contributed by atoms with Crippen LogP contribution in [-0.4, -0.2) is 22.4 Å². The lowest BCUT2D eigenvalue weighted by molar-refractivity contribution is -0.139. The molecule has 0 bridgehead atoms. The molecular formula is C5H10N2O3S. The molecule has 5 nitrogen and oxygen atoms in total. The van der Waals surface area contributed by atoms with Crippen molar-refractivity contribution in [2.75, 3.05) is 0 Å². The van der Waals surface area contributed by atoms with Crippen LogP contribution in [0, 0.1) is 4.91 Å². The molecule has 0 saturated heterocycles. The summed E-state index contributed by atoms with van der Waals surface area (Å²) in [6.45, 7) is 1.74. The molecule has 0 saturated carbocycles. The predicted molar refractivity (Wildman–Crippen MR) is 43.4 cm³/mol. The Morgan fingerprint density at radius 3 is 2.64 bits per heavy atom. The van der Waals surface area contributed by atoms with Crippen molar-refractivity contribution in [3.63, 3.8) is 0 Å². The molecule has 6 heteroatoms. The molecule has 0 aliphatic rings. The van der Waals surface area contributed by atoms with Crippen molar-refractivity contribution in [3.8, 4) is 0 Å². The third-order valence-electron chi connectivity index (χ3n) is 1.08. The third-order valence-corrected chi connectivity index (χ3v) is 1.29. The largest absolute Gasteiger partial charge is 0.480 e. The van der Waals surface area contributed by atoms with Gasteiger partial charge in [-0.1, -0.05) is 6.92 Å². The molecule has 0 radical (unpaired) electrons. The fourth-order valence-corrected chi connectivity index (χ4v) is 0.824. The molecule has 11 heavy (non-hydrogen) atoms. The van der Waals surface area contributed by atoms with Crippen molar-refractivity contribution in [3.05, 3.63) is 4.91 Å². The highest BCUT2D eigenvalue weighted by molar-refractivity contribution is 7.80. The SMILES string of the molecule is CC(S)C[C@H](NN=O)C(=O)O. The zero-order chi connectivity index (χ0) is 8.85. The van der Waals surface area contributed by atoms with Crippen LogP contribution in [0.4, 0.5) is 0 Å². The summed E-state index contributed by atoms with van der Waals surface area (Å²) in [5.41, 5.74) is 1.93. The quantitative estimate of drug-likeness (QED) is 0.324. The summed E-state index contributed by atoms with van der Waals surface area (Å²) in [5, 5.41) is 10.7. The van der Waals surface area contributed by atoms with Gasteiger partial charge in [-0.2, -0.15) is 12.6 Å². The van der Waals surface area contributed by atoms with E-state index in [1.165, 1.54) is 0 Å². The monoisotopic (exact) mass is 178 g/mol. The fourth-order valence-electron chi connectivity index (χ4n) is 0.613. The fraction of sp³-hybridized carbons (Fsp3) is 0.800. The van der Waals surface area contributed by atoms with E-state index in [9.17, 15) is 9.70 Å². The average molecular weight is 178 g/mol. The molecule has 0 aliphatic heterocycles. The number of carbonyl (C=O) groups is 1. The van der Waals surface area contributed by atoms with E-state index in [1.807, 2.05) is 5.43 Å². The summed E-state index contributed by atoms with van der Waals surface area (Å²) in [7, 11) is 0. The molecule has 0 spiro atoms. The van der Waals surface area contributed by atoms with Crippen LogP contribution in [0.3, 0.4) is 0 Å². The molecule has 0 rings (SSSR count). The van der Waals surface area contributed by atoms with Crippen molar-refractivity contribution < 1.29 is 9.90 Å². The Bertz CT molecular complexity index is 151. The normalized spacial score (nSPS) is 15.1. The number of thiol groups is 1. The number of hydrogen-bond donors (Lipinski definition) is 3. The molecule has 0 aromatic rings. The Morgan fingerprint density at radius 1 is 1.82 bits per heavy atom. The smallest absolute Gasteiger partial charge is 0.327 e. The molecule has 0 aliphatic carbocycles. The molecule has 0 aromatic heterocycles. The van der Waals surface area contributed by atoms with Crippen LogP contribution in [0.25, 0.3) is 0 Å². The first-order chi connectivity index (χ1) is 5.07. The molecule has 2 N–H and O–H groups in total. The van der Waals surface area contributed by atoms with Gasteiger partial charge in [0.25, 0.3) is 0 Å². The molecular weight excluding hydrogens is 168 g/mol. The zero-order valence-electron chi connectivity index (χ0n) is 6.02. The summed E-state index contributed by atoms with van der Waals surface area (Å²) in [6, 6.07) is -0.931. The summed E-state index contributed by atoms with van der Waals surface area (Å²) in [5.74, 6) is -1.09. The Kier molecular flexibility index (Phi) is 4.60. The van der Waals surface area contributed by atoms with Crippen LogP contribution in [-0.2, 0) is 4.79 Å². The Hall–Kier alpha value is -0.780. The number of carboxylic acids is 1. The van der Waals surface area contributed by atoms with Gasteiger partial charge in [0.2, 0.25) is 0 Å². The number of nitrogens with zero attached hydrogens (tertiary/aromatic N) is 1. The van der Waals surface area contributed by atoms with Gasteiger partial charge >= 0.3 is 5.97 Å². The maximum absolute atomic E-state index is 10.3. The minimum atomic E-state index is -1.09. The first-order valence-corrected chi connectivity index (χ1v) is 3.58. The highest BCUT2D eigenvalue weighted by atomic mass is 32.1. The molecule has 0 amide bonds. The van der Waals surface area contributed by atoms with Gasteiger partial charge in [0, 0.05) is 5.25 Å². The number of nitrogens with one attached hydrogen (secondary N) is 1. The van der Waals surface area contributed by atoms with Gasteiger partial charge in [0.15, 0.2) is 0 Å². The second-order valence-electron chi connectivity index (χ2n) is 2.20. The molecule has 0 heterocycles. The van der Waals surface area contributed by atoms with Crippen molar-refractivity contribution in [1.82, 2.24) is 5.43 Å². The summed E-state index contributed by atoms with van der Waals surface area (Å²) >= 11 is 3.98. The average Bonchev–Trinajstić information content (AvgIpc) is 1.86. The second-order valence-corrected chi connectivity index (χ2v) is 3.08. The Morgan fingerprint density at radius 2 is 2.36 bits per heavy atom. The van der Waals surface area contributed by atoms with E-state index in [0.29, 0.717) is 0 Å². The number of aliphatic carboxylic acids is 1.